The zero-order valence-corrected chi connectivity index (χ0v) is 18.6. The van der Waals surface area contributed by atoms with Gasteiger partial charge in [0.1, 0.15) is 11.6 Å². The minimum Gasteiger partial charge on any atom is -0.497 e. The Morgan fingerprint density at radius 3 is 2.57 bits per heavy atom. The van der Waals surface area contributed by atoms with E-state index < -0.39 is 0 Å². The summed E-state index contributed by atoms with van der Waals surface area (Å²) in [6.07, 6.45) is 3.59. The Kier molecular flexibility index (Phi) is 7.13. The van der Waals surface area contributed by atoms with E-state index in [2.05, 4.69) is 20.6 Å². The van der Waals surface area contributed by atoms with Crippen molar-refractivity contribution in [2.24, 2.45) is 5.92 Å². The van der Waals surface area contributed by atoms with Crippen molar-refractivity contribution >= 4 is 17.7 Å². The standard InChI is InChI=1S/C23H33N5O2/c1-15-13-21(28(3)4)27-23(24-15)26-19-11-9-17(10-12-19)22(29)25-16(2)18-7-6-8-20(14-18)30-5/h6-8,13-14,16-17,19H,9-12H2,1-5H3,(H,25,29)(H,24,26,27)/t16-,17?,19?/m0/s1. The van der Waals surface area contributed by atoms with Crippen LogP contribution in [0.2, 0.25) is 0 Å². The van der Waals surface area contributed by atoms with Crippen molar-refractivity contribution in [2.75, 3.05) is 31.4 Å². The lowest BCUT2D eigenvalue weighted by molar-refractivity contribution is -0.126. The number of rotatable bonds is 7. The fourth-order valence-electron chi connectivity index (χ4n) is 3.85. The molecule has 0 spiro atoms. The molecular weight excluding hydrogens is 378 g/mol. The molecule has 0 saturated heterocycles. The second kappa shape index (κ2) is 9.78. The minimum atomic E-state index is -0.0476. The van der Waals surface area contributed by atoms with Gasteiger partial charge in [-0.15, -0.1) is 0 Å². The highest BCUT2D eigenvalue weighted by molar-refractivity contribution is 5.79. The van der Waals surface area contributed by atoms with Gasteiger partial charge in [-0.3, -0.25) is 4.79 Å². The molecule has 1 aliphatic rings. The molecule has 7 nitrogen and oxygen atoms in total. The summed E-state index contributed by atoms with van der Waals surface area (Å²) in [7, 11) is 5.60. The van der Waals surface area contributed by atoms with Crippen LogP contribution >= 0.6 is 0 Å². The van der Waals surface area contributed by atoms with Crippen molar-refractivity contribution in [1.29, 1.82) is 0 Å². The van der Waals surface area contributed by atoms with E-state index in [-0.39, 0.29) is 17.9 Å². The average molecular weight is 412 g/mol. The van der Waals surface area contributed by atoms with Gasteiger partial charge in [0.05, 0.1) is 13.2 Å². The van der Waals surface area contributed by atoms with Gasteiger partial charge in [-0.25, -0.2) is 4.98 Å². The van der Waals surface area contributed by atoms with Gasteiger partial charge in [0.2, 0.25) is 11.9 Å². The number of aryl methyl sites for hydroxylation is 1. The molecule has 0 bridgehead atoms. The first kappa shape index (κ1) is 21.9. The van der Waals surface area contributed by atoms with Crippen molar-refractivity contribution in [3.8, 4) is 5.75 Å². The van der Waals surface area contributed by atoms with Crippen LogP contribution in [0.4, 0.5) is 11.8 Å². The van der Waals surface area contributed by atoms with E-state index in [9.17, 15) is 4.79 Å². The molecule has 1 aromatic heterocycles. The molecule has 1 fully saturated rings. The molecule has 1 atom stereocenters. The Bertz CT molecular complexity index is 862. The minimum absolute atomic E-state index is 0.0476. The van der Waals surface area contributed by atoms with E-state index in [1.165, 1.54) is 0 Å². The summed E-state index contributed by atoms with van der Waals surface area (Å²) in [5, 5.41) is 6.63. The lowest BCUT2D eigenvalue weighted by Crippen LogP contribution is -2.37. The number of ether oxygens (including phenoxy) is 1. The Hall–Kier alpha value is -2.83. The second-order valence-corrected chi connectivity index (χ2v) is 8.29. The summed E-state index contributed by atoms with van der Waals surface area (Å²) in [5.74, 6) is 2.54. The summed E-state index contributed by atoms with van der Waals surface area (Å²) in [5.41, 5.74) is 1.99. The Balaban J connectivity index is 1.52. The number of hydrogen-bond donors (Lipinski definition) is 2. The molecule has 0 radical (unpaired) electrons. The third kappa shape index (κ3) is 5.62. The van der Waals surface area contributed by atoms with Gasteiger partial charge >= 0.3 is 0 Å². The summed E-state index contributed by atoms with van der Waals surface area (Å²) < 4.78 is 5.28. The topological polar surface area (TPSA) is 79.4 Å². The molecule has 1 saturated carbocycles. The van der Waals surface area contributed by atoms with E-state index >= 15 is 0 Å². The molecule has 0 unspecified atom stereocenters. The van der Waals surface area contributed by atoms with Crippen LogP contribution in [0, 0.1) is 12.8 Å². The maximum Gasteiger partial charge on any atom is 0.225 e. The molecule has 1 heterocycles. The van der Waals surface area contributed by atoms with Crippen LogP contribution in [-0.4, -0.2) is 43.1 Å². The Morgan fingerprint density at radius 1 is 1.17 bits per heavy atom. The highest BCUT2D eigenvalue weighted by Crippen LogP contribution is 2.28. The van der Waals surface area contributed by atoms with E-state index in [1.807, 2.05) is 63.2 Å². The molecule has 2 aromatic rings. The average Bonchev–Trinajstić information content (AvgIpc) is 2.73. The quantitative estimate of drug-likeness (QED) is 0.723. The van der Waals surface area contributed by atoms with Crippen molar-refractivity contribution in [2.45, 2.75) is 51.6 Å². The smallest absolute Gasteiger partial charge is 0.225 e. The van der Waals surface area contributed by atoms with E-state index in [4.69, 9.17) is 4.74 Å². The molecule has 7 heteroatoms. The molecule has 1 aliphatic carbocycles. The molecule has 1 aromatic carbocycles. The molecule has 3 rings (SSSR count). The number of carbonyl (C=O) groups excluding carboxylic acids is 1. The van der Waals surface area contributed by atoms with E-state index in [1.54, 1.807) is 7.11 Å². The number of amides is 1. The fraction of sp³-hybridized carbons (Fsp3) is 0.522. The summed E-state index contributed by atoms with van der Waals surface area (Å²) >= 11 is 0. The molecule has 162 valence electrons. The first-order chi connectivity index (χ1) is 14.4. The van der Waals surface area contributed by atoms with Gasteiger partial charge in [0, 0.05) is 37.8 Å². The summed E-state index contributed by atoms with van der Waals surface area (Å²) in [6.45, 7) is 3.99. The number of nitrogens with zero attached hydrogens (tertiary/aromatic N) is 3. The lowest BCUT2D eigenvalue weighted by Gasteiger charge is -2.29. The monoisotopic (exact) mass is 411 g/mol. The number of nitrogens with one attached hydrogen (secondary N) is 2. The van der Waals surface area contributed by atoms with Crippen molar-refractivity contribution in [3.05, 3.63) is 41.6 Å². The summed E-state index contributed by atoms with van der Waals surface area (Å²) in [6, 6.07) is 10.0. The predicted molar refractivity (Wildman–Crippen MR) is 120 cm³/mol. The number of aromatic nitrogens is 2. The summed E-state index contributed by atoms with van der Waals surface area (Å²) in [4.78, 5) is 23.8. The Labute approximate surface area is 179 Å². The number of hydrogen-bond acceptors (Lipinski definition) is 6. The molecule has 0 aliphatic heterocycles. The first-order valence-corrected chi connectivity index (χ1v) is 10.6. The Morgan fingerprint density at radius 2 is 1.90 bits per heavy atom. The lowest BCUT2D eigenvalue weighted by atomic mass is 9.85. The molecule has 1 amide bonds. The van der Waals surface area contributed by atoms with Crippen molar-refractivity contribution in [1.82, 2.24) is 15.3 Å². The van der Waals surface area contributed by atoms with Crippen molar-refractivity contribution < 1.29 is 9.53 Å². The SMILES string of the molecule is COc1cccc([C@H](C)NC(=O)C2CCC(Nc3nc(C)cc(N(C)C)n3)CC2)c1. The first-order valence-electron chi connectivity index (χ1n) is 10.6. The highest BCUT2D eigenvalue weighted by Gasteiger charge is 2.27. The van der Waals surface area contributed by atoms with E-state index in [0.29, 0.717) is 12.0 Å². The number of anilines is 2. The van der Waals surface area contributed by atoms with Crippen LogP contribution in [0.1, 0.15) is 49.9 Å². The van der Waals surface area contributed by atoms with E-state index in [0.717, 1.165) is 48.5 Å². The number of methoxy groups -OCH3 is 1. The zero-order valence-electron chi connectivity index (χ0n) is 18.6. The predicted octanol–water partition coefficient (Wildman–Crippen LogP) is 3.71. The number of benzene rings is 1. The van der Waals surface area contributed by atoms with Crippen LogP contribution in [0.15, 0.2) is 30.3 Å². The largest absolute Gasteiger partial charge is 0.497 e. The van der Waals surface area contributed by atoms with Gasteiger partial charge in [-0.1, -0.05) is 12.1 Å². The fourth-order valence-corrected chi connectivity index (χ4v) is 3.85. The van der Waals surface area contributed by atoms with Crippen LogP contribution in [0.25, 0.3) is 0 Å². The van der Waals surface area contributed by atoms with Crippen LogP contribution < -0.4 is 20.3 Å². The van der Waals surface area contributed by atoms with Crippen molar-refractivity contribution in [3.63, 3.8) is 0 Å². The van der Waals surface area contributed by atoms with Gasteiger partial charge in [0.15, 0.2) is 0 Å². The van der Waals surface area contributed by atoms with Gasteiger partial charge in [-0.2, -0.15) is 4.98 Å². The van der Waals surface area contributed by atoms with Crippen LogP contribution in [0.5, 0.6) is 5.75 Å². The second-order valence-electron chi connectivity index (χ2n) is 8.29. The van der Waals surface area contributed by atoms with Crippen LogP contribution in [0.3, 0.4) is 0 Å². The molecule has 2 N–H and O–H groups in total. The normalized spacial score (nSPS) is 19.6. The van der Waals surface area contributed by atoms with Gasteiger partial charge in [0.25, 0.3) is 0 Å². The number of carbonyl (C=O) groups is 1. The van der Waals surface area contributed by atoms with Gasteiger partial charge < -0.3 is 20.3 Å². The maximum absolute atomic E-state index is 12.8. The maximum atomic E-state index is 12.8. The molecule has 30 heavy (non-hydrogen) atoms. The van der Waals surface area contributed by atoms with Crippen LogP contribution in [-0.2, 0) is 4.79 Å². The molecular formula is C23H33N5O2. The zero-order chi connectivity index (χ0) is 21.7. The van der Waals surface area contributed by atoms with Gasteiger partial charge in [-0.05, 0) is 57.2 Å². The third-order valence-corrected chi connectivity index (χ3v) is 5.68. The third-order valence-electron chi connectivity index (χ3n) is 5.68. The highest BCUT2D eigenvalue weighted by atomic mass is 16.5.